The third kappa shape index (κ3) is 1.76. The van der Waals surface area contributed by atoms with Crippen LogP contribution < -0.4 is 5.73 Å². The van der Waals surface area contributed by atoms with Gasteiger partial charge < -0.3 is 10.8 Å². The molecule has 0 aromatic heterocycles. The number of phenols is 1. The van der Waals surface area contributed by atoms with Gasteiger partial charge >= 0.3 is 5.69 Å². The minimum atomic E-state index is -0.586. The van der Waals surface area contributed by atoms with E-state index in [-0.39, 0.29) is 22.8 Å². The monoisotopic (exact) mass is 236 g/mol. The Balaban J connectivity index is 2.31. The maximum Gasteiger partial charge on any atom is 0.310 e. The highest BCUT2D eigenvalue weighted by Crippen LogP contribution is 2.64. The first kappa shape index (κ1) is 11.9. The summed E-state index contributed by atoms with van der Waals surface area (Å²) in [6, 6.07) is 4.55. The number of nitrogens with zero attached hydrogens (tertiary/aromatic N) is 1. The van der Waals surface area contributed by atoms with Crippen molar-refractivity contribution in [3.8, 4) is 5.75 Å². The van der Waals surface area contributed by atoms with Crippen LogP contribution in [0.25, 0.3) is 0 Å². The second-order valence-corrected chi connectivity index (χ2v) is 5.15. The molecular weight excluding hydrogens is 220 g/mol. The molecule has 0 bridgehead atoms. The molecule has 1 aromatic rings. The van der Waals surface area contributed by atoms with Gasteiger partial charge in [-0.1, -0.05) is 19.9 Å². The first-order valence-corrected chi connectivity index (χ1v) is 5.57. The van der Waals surface area contributed by atoms with Crippen molar-refractivity contribution in [3.05, 3.63) is 33.9 Å². The molecule has 1 aromatic carbocycles. The van der Waals surface area contributed by atoms with Gasteiger partial charge in [0, 0.05) is 6.07 Å². The zero-order valence-electron chi connectivity index (χ0n) is 9.88. The smallest absolute Gasteiger partial charge is 0.310 e. The van der Waals surface area contributed by atoms with Gasteiger partial charge in [-0.05, 0) is 35.4 Å². The van der Waals surface area contributed by atoms with E-state index >= 15 is 0 Å². The third-order valence-corrected chi connectivity index (χ3v) is 3.86. The molecule has 0 unspecified atom stereocenters. The molecule has 2 atom stereocenters. The number of rotatable bonds is 3. The molecule has 5 nitrogen and oxygen atoms in total. The molecule has 1 saturated carbocycles. The molecule has 0 radical (unpaired) electrons. The molecule has 0 saturated heterocycles. The van der Waals surface area contributed by atoms with Gasteiger partial charge in [-0.25, -0.2) is 0 Å². The average Bonchev–Trinajstić information content (AvgIpc) is 2.79. The van der Waals surface area contributed by atoms with Crippen LogP contribution >= 0.6 is 0 Å². The molecule has 0 heterocycles. The molecule has 92 valence electrons. The van der Waals surface area contributed by atoms with Crippen LogP contribution in [-0.4, -0.2) is 16.6 Å². The van der Waals surface area contributed by atoms with E-state index in [1.807, 2.05) is 0 Å². The van der Waals surface area contributed by atoms with Gasteiger partial charge in [-0.3, -0.25) is 10.1 Å². The van der Waals surface area contributed by atoms with E-state index in [4.69, 9.17) is 5.73 Å². The molecule has 1 fully saturated rings. The number of benzene rings is 1. The van der Waals surface area contributed by atoms with Gasteiger partial charge in [0.2, 0.25) is 0 Å². The largest absolute Gasteiger partial charge is 0.502 e. The molecule has 2 rings (SSSR count). The highest BCUT2D eigenvalue weighted by atomic mass is 16.6. The molecule has 3 N–H and O–H groups in total. The summed E-state index contributed by atoms with van der Waals surface area (Å²) < 4.78 is 0. The van der Waals surface area contributed by atoms with Crippen molar-refractivity contribution in [1.29, 1.82) is 0 Å². The van der Waals surface area contributed by atoms with Gasteiger partial charge in [0.25, 0.3) is 0 Å². The second-order valence-electron chi connectivity index (χ2n) is 5.15. The summed E-state index contributed by atoms with van der Waals surface area (Å²) in [5.74, 6) is 0.383. The summed E-state index contributed by atoms with van der Waals surface area (Å²) in [6.45, 7) is 4.83. The first-order chi connectivity index (χ1) is 7.89. The zero-order valence-corrected chi connectivity index (χ0v) is 9.88. The van der Waals surface area contributed by atoms with E-state index in [9.17, 15) is 15.2 Å². The summed E-state index contributed by atoms with van der Waals surface area (Å²) in [5, 5.41) is 20.2. The number of nitrogens with two attached hydrogens (primary N) is 1. The quantitative estimate of drug-likeness (QED) is 0.620. The lowest BCUT2D eigenvalue weighted by Crippen LogP contribution is -2.05. The van der Waals surface area contributed by atoms with Crippen molar-refractivity contribution in [2.75, 3.05) is 6.54 Å². The predicted octanol–water partition coefficient (Wildman–Crippen LogP) is 2.00. The van der Waals surface area contributed by atoms with Crippen LogP contribution in [0, 0.1) is 21.4 Å². The third-order valence-electron chi connectivity index (χ3n) is 3.86. The summed E-state index contributed by atoms with van der Waals surface area (Å²) >= 11 is 0. The van der Waals surface area contributed by atoms with Crippen LogP contribution in [0.4, 0.5) is 5.69 Å². The molecule has 17 heavy (non-hydrogen) atoms. The van der Waals surface area contributed by atoms with Crippen molar-refractivity contribution in [3.63, 3.8) is 0 Å². The fourth-order valence-corrected chi connectivity index (χ4v) is 2.73. The lowest BCUT2D eigenvalue weighted by atomic mass is 10.0. The first-order valence-electron chi connectivity index (χ1n) is 5.57. The normalized spacial score (nSPS) is 25.6. The van der Waals surface area contributed by atoms with E-state index in [1.54, 1.807) is 6.07 Å². The number of phenolic OH excluding ortho intramolecular Hbond substituents is 1. The van der Waals surface area contributed by atoms with Crippen molar-refractivity contribution >= 4 is 5.69 Å². The van der Waals surface area contributed by atoms with Crippen LogP contribution in [0.15, 0.2) is 18.2 Å². The average molecular weight is 236 g/mol. The number of hydrogen-bond acceptors (Lipinski definition) is 4. The van der Waals surface area contributed by atoms with E-state index in [0.717, 1.165) is 5.56 Å². The Labute approximate surface area is 99.4 Å². The van der Waals surface area contributed by atoms with Crippen molar-refractivity contribution in [1.82, 2.24) is 0 Å². The standard InChI is InChI=1S/C12H16N2O3/c1-12(2)8(6-13)11(12)7-3-4-9(14(16)17)10(15)5-7/h3-5,8,11,15H,6,13H2,1-2H3/t8-,11-/m1/s1. The summed E-state index contributed by atoms with van der Waals surface area (Å²) in [5.41, 5.74) is 6.46. The number of nitro groups is 1. The van der Waals surface area contributed by atoms with Crippen molar-refractivity contribution < 1.29 is 10.0 Å². The van der Waals surface area contributed by atoms with E-state index < -0.39 is 4.92 Å². The molecule has 1 aliphatic carbocycles. The molecule has 1 aliphatic rings. The molecule has 0 aliphatic heterocycles. The second kappa shape index (κ2) is 3.70. The fraction of sp³-hybridized carbons (Fsp3) is 0.500. The van der Waals surface area contributed by atoms with Crippen LogP contribution in [0.1, 0.15) is 25.3 Å². The molecule has 5 heteroatoms. The van der Waals surface area contributed by atoms with Gasteiger partial charge in [0.15, 0.2) is 5.75 Å². The highest BCUT2D eigenvalue weighted by molar-refractivity contribution is 5.50. The number of nitro benzene ring substituents is 1. The SMILES string of the molecule is CC1(C)[C@H](CN)[C@H]1c1ccc([N+](=O)[O-])c(O)c1. The van der Waals surface area contributed by atoms with Gasteiger partial charge in [0.1, 0.15) is 0 Å². The van der Waals surface area contributed by atoms with E-state index in [0.29, 0.717) is 12.5 Å². The zero-order chi connectivity index (χ0) is 12.8. The van der Waals surface area contributed by atoms with Crippen LogP contribution in [0.3, 0.4) is 0 Å². The van der Waals surface area contributed by atoms with Crippen molar-refractivity contribution in [2.45, 2.75) is 19.8 Å². The van der Waals surface area contributed by atoms with Crippen molar-refractivity contribution in [2.24, 2.45) is 17.1 Å². The summed E-state index contributed by atoms with van der Waals surface area (Å²) in [6.07, 6.45) is 0. The Morgan fingerprint density at radius 1 is 1.53 bits per heavy atom. The van der Waals surface area contributed by atoms with Gasteiger partial charge in [-0.2, -0.15) is 0 Å². The van der Waals surface area contributed by atoms with E-state index in [1.165, 1.54) is 12.1 Å². The van der Waals surface area contributed by atoms with E-state index in [2.05, 4.69) is 13.8 Å². The topological polar surface area (TPSA) is 89.4 Å². The lowest BCUT2D eigenvalue weighted by molar-refractivity contribution is -0.385. The van der Waals surface area contributed by atoms with Crippen LogP contribution in [0.2, 0.25) is 0 Å². The van der Waals surface area contributed by atoms with Gasteiger partial charge in [-0.15, -0.1) is 0 Å². The maximum absolute atomic E-state index is 10.6. The number of aromatic hydroxyl groups is 1. The van der Waals surface area contributed by atoms with Gasteiger partial charge in [0.05, 0.1) is 4.92 Å². The Bertz CT molecular complexity index is 471. The Morgan fingerprint density at radius 3 is 2.59 bits per heavy atom. The van der Waals surface area contributed by atoms with Crippen LogP contribution in [0.5, 0.6) is 5.75 Å². The molecule has 0 spiro atoms. The Kier molecular flexibility index (Phi) is 2.58. The fourth-order valence-electron chi connectivity index (χ4n) is 2.73. The van der Waals surface area contributed by atoms with Crippen LogP contribution in [-0.2, 0) is 0 Å². The predicted molar refractivity (Wildman–Crippen MR) is 63.8 cm³/mol. The Morgan fingerprint density at radius 2 is 2.18 bits per heavy atom. The highest BCUT2D eigenvalue weighted by Gasteiger charge is 2.57. The Hall–Kier alpha value is -1.62. The number of hydrogen-bond donors (Lipinski definition) is 2. The minimum absolute atomic E-state index is 0.108. The summed E-state index contributed by atoms with van der Waals surface area (Å²) in [4.78, 5) is 10.0. The summed E-state index contributed by atoms with van der Waals surface area (Å²) in [7, 11) is 0. The molecular formula is C12H16N2O3. The lowest BCUT2D eigenvalue weighted by Gasteiger charge is -2.04. The molecule has 0 amide bonds. The maximum atomic E-state index is 10.6. The minimum Gasteiger partial charge on any atom is -0.502 e.